The van der Waals surface area contributed by atoms with Crippen molar-refractivity contribution in [1.82, 2.24) is 15.3 Å². The largest absolute Gasteiger partial charge is 0.382 e. The predicted molar refractivity (Wildman–Crippen MR) is 125 cm³/mol. The second-order valence-corrected chi connectivity index (χ2v) is 7.07. The van der Waals surface area contributed by atoms with Crippen LogP contribution < -0.4 is 22.5 Å². The number of carbonyl (C=O) groups is 1. The van der Waals surface area contributed by atoms with Crippen LogP contribution in [0, 0.1) is 0 Å². The molecule has 0 spiro atoms. The molecule has 164 valence electrons. The monoisotopic (exact) mass is 453 g/mol. The van der Waals surface area contributed by atoms with Crippen molar-refractivity contribution in [2.24, 2.45) is 10.7 Å². The summed E-state index contributed by atoms with van der Waals surface area (Å²) < 4.78 is 0. The Morgan fingerprint density at radius 1 is 0.967 bits per heavy atom. The number of benzene rings is 1. The second kappa shape index (κ2) is 13.6. The number of aryl methyl sites for hydroxylation is 1. The summed E-state index contributed by atoms with van der Waals surface area (Å²) in [6.07, 6.45) is 7.92. The van der Waals surface area contributed by atoms with Gasteiger partial charge in [0.25, 0.3) is 5.91 Å². The molecule has 0 saturated heterocycles. The van der Waals surface area contributed by atoms with Crippen LogP contribution in [0.1, 0.15) is 54.6 Å². The molecule has 1 aromatic heterocycles. The third-order valence-corrected chi connectivity index (χ3v) is 4.64. The summed E-state index contributed by atoms with van der Waals surface area (Å²) in [5, 5.41) is 2.33. The number of anilines is 2. The Morgan fingerprint density at radius 2 is 1.60 bits per heavy atom. The third-order valence-electron chi connectivity index (χ3n) is 4.36. The lowest BCUT2D eigenvalue weighted by atomic mass is 10.1. The Kier molecular flexibility index (Phi) is 11.5. The summed E-state index contributed by atoms with van der Waals surface area (Å²) in [5.74, 6) is -0.782. The highest BCUT2D eigenvalue weighted by molar-refractivity contribution is 6.31. The summed E-state index contributed by atoms with van der Waals surface area (Å²) in [6.45, 7) is 0.541. The van der Waals surface area contributed by atoms with E-state index < -0.39 is 5.91 Å². The number of nitrogens with zero attached hydrogens (tertiary/aromatic N) is 3. The second-order valence-electron chi connectivity index (χ2n) is 6.71. The van der Waals surface area contributed by atoms with Crippen LogP contribution in [0.25, 0.3) is 0 Å². The first kappa shape index (κ1) is 25.5. The fourth-order valence-electron chi connectivity index (χ4n) is 2.82. The van der Waals surface area contributed by atoms with Gasteiger partial charge in [0.15, 0.2) is 28.4 Å². The molecule has 0 aliphatic rings. The van der Waals surface area contributed by atoms with Crippen LogP contribution in [-0.2, 0) is 6.42 Å². The predicted octanol–water partition coefficient (Wildman–Crippen LogP) is 3.34. The molecule has 1 amide bonds. The molecule has 0 atom stereocenters. The number of guanidine groups is 1. The van der Waals surface area contributed by atoms with Crippen LogP contribution in [0.4, 0.5) is 11.6 Å². The smallest absolute Gasteiger partial charge is 0.280 e. The number of hydrogen-bond acceptors (Lipinski definition) is 6. The molecule has 10 heteroatoms. The van der Waals surface area contributed by atoms with Gasteiger partial charge in [-0.2, -0.15) is 0 Å². The maximum absolute atomic E-state index is 12.1. The molecule has 0 aliphatic carbocycles. The van der Waals surface area contributed by atoms with Crippen LogP contribution in [0.2, 0.25) is 5.15 Å². The maximum Gasteiger partial charge on any atom is 0.280 e. The lowest BCUT2D eigenvalue weighted by Crippen LogP contribution is -2.38. The topological polar surface area (TPSA) is 145 Å². The summed E-state index contributed by atoms with van der Waals surface area (Å²) in [5.41, 5.74) is 18.1. The number of halogens is 2. The quantitative estimate of drug-likeness (QED) is 0.246. The van der Waals surface area contributed by atoms with E-state index in [2.05, 4.69) is 44.5 Å². The van der Waals surface area contributed by atoms with E-state index in [0.717, 1.165) is 25.7 Å². The molecular weight excluding hydrogens is 425 g/mol. The minimum Gasteiger partial charge on any atom is -0.382 e. The molecule has 2 aromatic rings. The SMILES string of the molecule is Cl.NC(=NCCCCCCCCc1ccccc1)NC(=O)c1nc(Cl)c(N)nc1N. The zero-order valence-corrected chi connectivity index (χ0v) is 18.4. The number of aliphatic imine (C=N–C) groups is 1. The van der Waals surface area contributed by atoms with Gasteiger partial charge in [0.2, 0.25) is 0 Å². The Labute approximate surface area is 188 Å². The zero-order chi connectivity index (χ0) is 21.1. The standard InChI is InChI=1S/C20H28ClN7O.ClH/c21-16-18(23)27-17(22)15(26-16)19(29)28-20(24)25-13-9-4-2-1-3-6-10-14-11-7-5-8-12-14;/h5,7-8,11-12H,1-4,6,9-10,13H2,(H4,22,23,27)(H3,24,25,28,29);1H. The van der Waals surface area contributed by atoms with E-state index >= 15 is 0 Å². The van der Waals surface area contributed by atoms with Crippen molar-refractivity contribution in [3.05, 3.63) is 46.7 Å². The van der Waals surface area contributed by atoms with Crippen molar-refractivity contribution >= 4 is 47.5 Å². The molecule has 1 aromatic carbocycles. The number of rotatable bonds is 10. The number of unbranched alkanes of at least 4 members (excludes halogenated alkanes) is 5. The van der Waals surface area contributed by atoms with E-state index in [9.17, 15) is 4.79 Å². The van der Waals surface area contributed by atoms with Crippen molar-refractivity contribution in [2.75, 3.05) is 18.0 Å². The Morgan fingerprint density at radius 3 is 2.30 bits per heavy atom. The van der Waals surface area contributed by atoms with Crippen molar-refractivity contribution in [1.29, 1.82) is 0 Å². The average Bonchev–Trinajstić information content (AvgIpc) is 2.70. The number of carbonyl (C=O) groups excluding carboxylic acids is 1. The van der Waals surface area contributed by atoms with Crippen LogP contribution in [0.3, 0.4) is 0 Å². The molecule has 0 fully saturated rings. The van der Waals surface area contributed by atoms with Crippen LogP contribution in [-0.4, -0.2) is 28.4 Å². The van der Waals surface area contributed by atoms with Gasteiger partial charge >= 0.3 is 0 Å². The van der Waals surface area contributed by atoms with Crippen molar-refractivity contribution in [3.8, 4) is 0 Å². The van der Waals surface area contributed by atoms with E-state index in [1.807, 2.05) is 6.07 Å². The Balaban J connectivity index is 0.00000450. The van der Waals surface area contributed by atoms with Crippen LogP contribution in [0.5, 0.6) is 0 Å². The Bertz CT molecular complexity index is 831. The molecule has 2 rings (SSSR count). The first-order valence-corrected chi connectivity index (χ1v) is 10.1. The van der Waals surface area contributed by atoms with E-state index in [1.165, 1.54) is 24.8 Å². The van der Waals surface area contributed by atoms with Crippen molar-refractivity contribution in [3.63, 3.8) is 0 Å². The lowest BCUT2D eigenvalue weighted by molar-refractivity contribution is 0.0972. The molecule has 1 heterocycles. The molecule has 30 heavy (non-hydrogen) atoms. The first-order valence-electron chi connectivity index (χ1n) is 9.71. The Hall–Kier alpha value is -2.58. The maximum atomic E-state index is 12.1. The van der Waals surface area contributed by atoms with E-state index in [-0.39, 0.29) is 40.8 Å². The van der Waals surface area contributed by atoms with Crippen molar-refractivity contribution < 1.29 is 4.79 Å². The summed E-state index contributed by atoms with van der Waals surface area (Å²) in [4.78, 5) is 23.8. The minimum atomic E-state index is -0.628. The molecule has 0 unspecified atom stereocenters. The summed E-state index contributed by atoms with van der Waals surface area (Å²) in [6, 6.07) is 10.5. The molecule has 0 aliphatic heterocycles. The highest BCUT2D eigenvalue weighted by Gasteiger charge is 2.16. The fraction of sp³-hybridized carbons (Fsp3) is 0.400. The van der Waals surface area contributed by atoms with Gasteiger partial charge in [0.05, 0.1) is 0 Å². The number of aromatic nitrogens is 2. The van der Waals surface area contributed by atoms with Gasteiger partial charge in [0, 0.05) is 6.54 Å². The van der Waals surface area contributed by atoms with Gasteiger partial charge in [-0.05, 0) is 24.8 Å². The molecule has 0 bridgehead atoms. The third kappa shape index (κ3) is 8.84. The van der Waals surface area contributed by atoms with Gasteiger partial charge in [-0.1, -0.05) is 67.6 Å². The number of nitrogens with one attached hydrogen (secondary N) is 1. The van der Waals surface area contributed by atoms with Gasteiger partial charge in [-0.15, -0.1) is 12.4 Å². The lowest BCUT2D eigenvalue weighted by Gasteiger charge is -2.07. The number of nitrogen functional groups attached to an aromatic ring is 2. The highest BCUT2D eigenvalue weighted by atomic mass is 35.5. The van der Waals surface area contributed by atoms with Crippen molar-refractivity contribution in [2.45, 2.75) is 44.9 Å². The summed E-state index contributed by atoms with van der Waals surface area (Å²) in [7, 11) is 0. The zero-order valence-electron chi connectivity index (χ0n) is 16.8. The van der Waals surface area contributed by atoms with Gasteiger partial charge in [-0.25, -0.2) is 9.97 Å². The highest BCUT2D eigenvalue weighted by Crippen LogP contribution is 2.17. The number of nitrogens with two attached hydrogens (primary N) is 3. The normalized spacial score (nSPS) is 11.0. The molecule has 7 N–H and O–H groups in total. The van der Waals surface area contributed by atoms with Gasteiger partial charge in [0.1, 0.15) is 0 Å². The number of hydrogen-bond donors (Lipinski definition) is 4. The van der Waals surface area contributed by atoms with Crippen LogP contribution >= 0.6 is 24.0 Å². The molecule has 0 saturated carbocycles. The van der Waals surface area contributed by atoms with E-state index in [4.69, 9.17) is 28.8 Å². The van der Waals surface area contributed by atoms with E-state index in [0.29, 0.717) is 6.54 Å². The number of amides is 1. The molecule has 8 nitrogen and oxygen atoms in total. The first-order chi connectivity index (χ1) is 14.0. The summed E-state index contributed by atoms with van der Waals surface area (Å²) >= 11 is 5.77. The van der Waals surface area contributed by atoms with Gasteiger partial charge in [-0.3, -0.25) is 15.1 Å². The fourth-order valence-corrected chi connectivity index (χ4v) is 2.94. The van der Waals surface area contributed by atoms with Gasteiger partial charge < -0.3 is 17.2 Å². The minimum absolute atomic E-state index is 0. The molecule has 0 radical (unpaired) electrons. The van der Waals surface area contributed by atoms with Crippen LogP contribution in [0.15, 0.2) is 35.3 Å². The van der Waals surface area contributed by atoms with E-state index in [1.54, 1.807) is 0 Å². The average molecular weight is 454 g/mol. The molecular formula is C20H29Cl2N7O.